The molecule has 0 aromatic heterocycles. The minimum atomic E-state index is -0.230. The molecule has 1 rings (SSSR count). The number of carbonyl (C=O) groups is 1. The van der Waals surface area contributed by atoms with Crippen LogP contribution in [0.25, 0.3) is 0 Å². The van der Waals surface area contributed by atoms with E-state index in [1.807, 2.05) is 6.07 Å². The molecule has 0 spiro atoms. The zero-order valence-corrected chi connectivity index (χ0v) is 9.01. The molecule has 0 aromatic carbocycles. The fourth-order valence-corrected chi connectivity index (χ4v) is 2.22. The normalized spacial score (nSPS) is 15.6. The standard InChI is InChI=1S/C9H10BN3OS/c11-2-3-13-9(14)8-5-10(7-12)1-4-15-6-8/h6H,1,3-5H2,(H,13,14). The summed E-state index contributed by atoms with van der Waals surface area (Å²) < 4.78 is 0. The van der Waals surface area contributed by atoms with Crippen LogP contribution in [0.2, 0.25) is 12.6 Å². The summed E-state index contributed by atoms with van der Waals surface area (Å²) >= 11 is 1.55. The first kappa shape index (κ1) is 11.7. The van der Waals surface area contributed by atoms with Gasteiger partial charge < -0.3 is 5.32 Å². The summed E-state index contributed by atoms with van der Waals surface area (Å²) in [5.41, 5.74) is 0.610. The molecule has 1 aliphatic heterocycles. The molecule has 1 heterocycles. The molecule has 6 heteroatoms. The van der Waals surface area contributed by atoms with Crippen LogP contribution in [0.15, 0.2) is 11.0 Å². The molecule has 0 radical (unpaired) electrons. The molecule has 1 aliphatic rings. The maximum atomic E-state index is 11.5. The maximum Gasteiger partial charge on any atom is 0.273 e. The Balaban J connectivity index is 2.60. The van der Waals surface area contributed by atoms with Gasteiger partial charge in [0.15, 0.2) is 0 Å². The summed E-state index contributed by atoms with van der Waals surface area (Å²) in [6.45, 7) is -0.0722. The van der Waals surface area contributed by atoms with Crippen LogP contribution >= 0.6 is 11.8 Å². The highest BCUT2D eigenvalue weighted by molar-refractivity contribution is 8.02. The fourth-order valence-electron chi connectivity index (χ4n) is 1.28. The van der Waals surface area contributed by atoms with Gasteiger partial charge in [0.05, 0.1) is 6.07 Å². The number of hydrogen-bond donors (Lipinski definition) is 1. The zero-order valence-electron chi connectivity index (χ0n) is 8.19. The third kappa shape index (κ3) is 3.69. The zero-order chi connectivity index (χ0) is 11.1. The lowest BCUT2D eigenvalue weighted by molar-refractivity contribution is -0.117. The average Bonchev–Trinajstić information content (AvgIpc) is 2.50. The monoisotopic (exact) mass is 219 g/mol. The van der Waals surface area contributed by atoms with Crippen LogP contribution in [-0.2, 0) is 4.79 Å². The molecular formula is C9H10BN3OS. The molecule has 0 saturated carbocycles. The van der Waals surface area contributed by atoms with Gasteiger partial charge in [-0.25, -0.2) is 5.26 Å². The van der Waals surface area contributed by atoms with Gasteiger partial charge in [-0.15, -0.1) is 11.8 Å². The van der Waals surface area contributed by atoms with Gasteiger partial charge in [0.25, 0.3) is 6.71 Å². The van der Waals surface area contributed by atoms with E-state index in [-0.39, 0.29) is 19.2 Å². The second kappa shape index (κ2) is 6.16. The number of nitrogens with one attached hydrogen (secondary N) is 1. The van der Waals surface area contributed by atoms with Gasteiger partial charge >= 0.3 is 0 Å². The van der Waals surface area contributed by atoms with Crippen molar-refractivity contribution in [2.45, 2.75) is 12.6 Å². The number of nitrogens with zero attached hydrogens (tertiary/aromatic N) is 2. The number of nitriles is 2. The maximum absolute atomic E-state index is 11.5. The van der Waals surface area contributed by atoms with Crippen LogP contribution in [0.4, 0.5) is 0 Å². The lowest BCUT2D eigenvalue weighted by Crippen LogP contribution is -2.26. The predicted molar refractivity (Wildman–Crippen MR) is 60.1 cm³/mol. The van der Waals surface area contributed by atoms with Crippen molar-refractivity contribution in [1.82, 2.24) is 5.32 Å². The van der Waals surface area contributed by atoms with Gasteiger partial charge in [0.1, 0.15) is 6.54 Å². The van der Waals surface area contributed by atoms with Crippen molar-refractivity contribution in [2.75, 3.05) is 12.3 Å². The first-order valence-corrected chi connectivity index (χ1v) is 5.68. The van der Waals surface area contributed by atoms with Crippen molar-refractivity contribution >= 4 is 24.4 Å². The van der Waals surface area contributed by atoms with Crippen LogP contribution in [-0.4, -0.2) is 24.9 Å². The minimum Gasteiger partial charge on any atom is -0.339 e. The molecule has 0 fully saturated rings. The van der Waals surface area contributed by atoms with E-state index >= 15 is 0 Å². The summed E-state index contributed by atoms with van der Waals surface area (Å²) in [4.78, 5) is 11.5. The summed E-state index contributed by atoms with van der Waals surface area (Å²) in [6, 6.07) is 1.85. The van der Waals surface area contributed by atoms with Crippen molar-refractivity contribution in [2.24, 2.45) is 0 Å². The summed E-state index contributed by atoms with van der Waals surface area (Å²) in [6.07, 6.45) is 1.30. The first-order chi connectivity index (χ1) is 7.27. The van der Waals surface area contributed by atoms with Crippen molar-refractivity contribution in [3.63, 3.8) is 0 Å². The average molecular weight is 219 g/mol. The van der Waals surface area contributed by atoms with Gasteiger partial charge in [0.2, 0.25) is 5.91 Å². The molecule has 0 atom stereocenters. The van der Waals surface area contributed by atoms with Crippen LogP contribution < -0.4 is 5.32 Å². The van der Waals surface area contributed by atoms with E-state index in [1.54, 1.807) is 17.2 Å². The van der Waals surface area contributed by atoms with Crippen molar-refractivity contribution < 1.29 is 4.79 Å². The van der Waals surface area contributed by atoms with Gasteiger partial charge in [-0.2, -0.15) is 5.26 Å². The van der Waals surface area contributed by atoms with Gasteiger partial charge in [-0.3, -0.25) is 4.79 Å². The topological polar surface area (TPSA) is 76.7 Å². The molecular weight excluding hydrogens is 209 g/mol. The number of amides is 1. The lowest BCUT2D eigenvalue weighted by Gasteiger charge is -2.04. The fraction of sp³-hybridized carbons (Fsp3) is 0.444. The number of hydrogen-bond acceptors (Lipinski definition) is 4. The molecule has 76 valence electrons. The van der Waals surface area contributed by atoms with E-state index in [1.165, 1.54) is 0 Å². The van der Waals surface area contributed by atoms with E-state index < -0.39 is 0 Å². The van der Waals surface area contributed by atoms with Gasteiger partial charge in [0, 0.05) is 11.5 Å². The number of rotatable bonds is 2. The highest BCUT2D eigenvalue weighted by atomic mass is 32.2. The van der Waals surface area contributed by atoms with E-state index in [2.05, 4.69) is 11.3 Å². The van der Waals surface area contributed by atoms with Gasteiger partial charge in [-0.1, -0.05) is 0 Å². The second-order valence-corrected chi connectivity index (χ2v) is 4.15. The molecule has 1 N–H and O–H groups in total. The molecule has 15 heavy (non-hydrogen) atoms. The first-order valence-electron chi connectivity index (χ1n) is 4.63. The van der Waals surface area contributed by atoms with Crippen LogP contribution in [0.3, 0.4) is 0 Å². The third-order valence-corrected chi connectivity index (χ3v) is 3.00. The van der Waals surface area contributed by atoms with E-state index in [0.717, 1.165) is 12.1 Å². The largest absolute Gasteiger partial charge is 0.339 e. The van der Waals surface area contributed by atoms with Crippen LogP contribution in [0.5, 0.6) is 0 Å². The third-order valence-electron chi connectivity index (χ3n) is 2.08. The van der Waals surface area contributed by atoms with Crippen molar-refractivity contribution in [3.05, 3.63) is 11.0 Å². The Kier molecular flexibility index (Phi) is 4.79. The molecule has 0 aliphatic carbocycles. The number of carbonyl (C=O) groups excluding carboxylic acids is 1. The van der Waals surface area contributed by atoms with E-state index in [4.69, 9.17) is 10.5 Å². The Hall–Kier alpha value is -1.40. The SMILES string of the molecule is N#CCNC(=O)C1=CSCCB(C#N)C1. The Morgan fingerprint density at radius 2 is 2.47 bits per heavy atom. The number of thioether (sulfide) groups is 1. The van der Waals surface area contributed by atoms with E-state index in [0.29, 0.717) is 11.9 Å². The van der Waals surface area contributed by atoms with Crippen LogP contribution in [0, 0.1) is 22.6 Å². The summed E-state index contributed by atoms with van der Waals surface area (Å²) in [7, 11) is 0. The van der Waals surface area contributed by atoms with E-state index in [9.17, 15) is 4.79 Å². The smallest absolute Gasteiger partial charge is 0.273 e. The highest BCUT2D eigenvalue weighted by Crippen LogP contribution is 2.21. The Bertz CT molecular complexity index is 355. The molecule has 0 saturated heterocycles. The summed E-state index contributed by atoms with van der Waals surface area (Å²) in [5.74, 6) is 2.82. The summed E-state index contributed by atoms with van der Waals surface area (Å²) in [5, 5.41) is 21.4. The van der Waals surface area contributed by atoms with Crippen LogP contribution in [0.1, 0.15) is 0 Å². The second-order valence-electron chi connectivity index (χ2n) is 3.17. The quantitative estimate of drug-likeness (QED) is 0.550. The van der Waals surface area contributed by atoms with Crippen molar-refractivity contribution in [1.29, 1.82) is 10.5 Å². The Morgan fingerprint density at radius 1 is 1.67 bits per heavy atom. The molecule has 1 amide bonds. The molecule has 0 unspecified atom stereocenters. The predicted octanol–water partition coefficient (Wildman–Crippen LogP) is 0.814. The molecule has 0 aromatic rings. The molecule has 4 nitrogen and oxygen atoms in total. The Labute approximate surface area is 93.4 Å². The lowest BCUT2D eigenvalue weighted by atomic mass is 9.46. The molecule has 0 bridgehead atoms. The Morgan fingerprint density at radius 3 is 3.13 bits per heavy atom. The highest BCUT2D eigenvalue weighted by Gasteiger charge is 2.22. The van der Waals surface area contributed by atoms with Gasteiger partial charge in [-0.05, 0) is 23.8 Å². The minimum absolute atomic E-state index is 0.0120. The van der Waals surface area contributed by atoms with Crippen molar-refractivity contribution in [3.8, 4) is 12.0 Å².